The Morgan fingerprint density at radius 1 is 1.15 bits per heavy atom. The molecule has 3 nitrogen and oxygen atoms in total. The Kier molecular flexibility index (Phi) is 4.89. The van der Waals surface area contributed by atoms with Crippen molar-refractivity contribution in [2.24, 2.45) is 5.41 Å². The third kappa shape index (κ3) is 8.22. The van der Waals surface area contributed by atoms with E-state index >= 15 is 0 Å². The summed E-state index contributed by atoms with van der Waals surface area (Å²) in [6.45, 7) is 5.38. The highest BCUT2D eigenvalue weighted by atomic mass is 16.5. The van der Waals surface area contributed by atoms with Crippen molar-refractivity contribution in [2.45, 2.75) is 33.1 Å². The van der Waals surface area contributed by atoms with Crippen LogP contribution in [0.3, 0.4) is 0 Å². The summed E-state index contributed by atoms with van der Waals surface area (Å²) in [6.07, 6.45) is 2.85. The van der Waals surface area contributed by atoms with Gasteiger partial charge >= 0.3 is 0 Å². The van der Waals surface area contributed by atoms with Crippen LogP contribution in [0.1, 0.15) is 33.1 Å². The number of aliphatic hydroxyl groups is 1. The molecule has 0 radical (unpaired) electrons. The predicted molar refractivity (Wildman–Crippen MR) is 53.5 cm³/mol. The van der Waals surface area contributed by atoms with Gasteiger partial charge < -0.3 is 5.11 Å². The number of aliphatic hydroxyl groups excluding tert-OH is 1. The Hall–Kier alpha value is -0.120. The molecule has 0 aromatic carbocycles. The number of rotatable bonds is 6. The molecule has 0 heterocycles. The van der Waals surface area contributed by atoms with Crippen molar-refractivity contribution in [2.75, 3.05) is 27.2 Å². The average Bonchev–Trinajstić information content (AvgIpc) is 1.97. The summed E-state index contributed by atoms with van der Waals surface area (Å²) < 4.78 is 0.0303. The summed E-state index contributed by atoms with van der Waals surface area (Å²) in [4.78, 5) is 0. The standard InChI is InChI=1S/C10H24NO2/c1-10(2,6-5-9-12)7-8-11(3,4)13/h12-13H,5-9H2,1-4H3/q+1. The topological polar surface area (TPSA) is 40.5 Å². The second kappa shape index (κ2) is 4.94. The van der Waals surface area contributed by atoms with E-state index in [4.69, 9.17) is 5.11 Å². The first-order valence-electron chi connectivity index (χ1n) is 4.93. The van der Waals surface area contributed by atoms with E-state index in [2.05, 4.69) is 13.8 Å². The lowest BCUT2D eigenvalue weighted by atomic mass is 9.84. The molecule has 13 heavy (non-hydrogen) atoms. The molecule has 0 aliphatic rings. The molecule has 0 aliphatic heterocycles. The first-order valence-corrected chi connectivity index (χ1v) is 4.93. The van der Waals surface area contributed by atoms with E-state index in [9.17, 15) is 5.21 Å². The fourth-order valence-corrected chi connectivity index (χ4v) is 1.26. The maximum absolute atomic E-state index is 9.49. The molecule has 80 valence electrons. The minimum Gasteiger partial charge on any atom is -0.396 e. The molecule has 0 rings (SSSR count). The summed E-state index contributed by atoms with van der Waals surface area (Å²) in [5, 5.41) is 18.2. The molecule has 0 aliphatic carbocycles. The van der Waals surface area contributed by atoms with Crippen LogP contribution in [0.15, 0.2) is 0 Å². The normalized spacial score (nSPS) is 13.4. The zero-order valence-electron chi connectivity index (χ0n) is 9.38. The highest BCUT2D eigenvalue weighted by molar-refractivity contribution is 4.67. The van der Waals surface area contributed by atoms with E-state index in [0.29, 0.717) is 0 Å². The third-order valence-electron chi connectivity index (χ3n) is 2.35. The molecule has 0 spiro atoms. The quantitative estimate of drug-likeness (QED) is 0.494. The van der Waals surface area contributed by atoms with E-state index < -0.39 is 0 Å². The fraction of sp³-hybridized carbons (Fsp3) is 1.00. The minimum absolute atomic E-state index is 0.0303. The van der Waals surface area contributed by atoms with Gasteiger partial charge in [-0.2, -0.15) is 4.65 Å². The van der Waals surface area contributed by atoms with Crippen LogP contribution in [-0.2, 0) is 0 Å². The van der Waals surface area contributed by atoms with Crippen LogP contribution >= 0.6 is 0 Å². The molecule has 0 amide bonds. The number of quaternary nitrogens is 1. The first-order chi connectivity index (χ1) is 5.77. The second-order valence-electron chi connectivity index (χ2n) is 5.09. The molecule has 0 bridgehead atoms. The molecule has 0 aromatic heterocycles. The van der Waals surface area contributed by atoms with Crippen LogP contribution in [0.2, 0.25) is 0 Å². The summed E-state index contributed by atoms with van der Waals surface area (Å²) in [7, 11) is 3.56. The Morgan fingerprint density at radius 2 is 1.69 bits per heavy atom. The molecular weight excluding hydrogens is 166 g/mol. The van der Waals surface area contributed by atoms with E-state index in [0.717, 1.165) is 25.8 Å². The number of nitrogens with zero attached hydrogens (tertiary/aromatic N) is 1. The highest BCUT2D eigenvalue weighted by Crippen LogP contribution is 2.26. The Bertz CT molecular complexity index is 138. The lowest BCUT2D eigenvalue weighted by Crippen LogP contribution is -2.38. The highest BCUT2D eigenvalue weighted by Gasteiger charge is 2.22. The predicted octanol–water partition coefficient (Wildman–Crippen LogP) is 1.64. The van der Waals surface area contributed by atoms with E-state index in [1.54, 1.807) is 14.1 Å². The van der Waals surface area contributed by atoms with Crippen molar-refractivity contribution in [3.8, 4) is 0 Å². The molecule has 0 aromatic rings. The Morgan fingerprint density at radius 3 is 2.08 bits per heavy atom. The molecule has 0 saturated heterocycles. The molecule has 0 unspecified atom stereocenters. The zero-order chi connectivity index (χ0) is 10.5. The van der Waals surface area contributed by atoms with Crippen LogP contribution < -0.4 is 0 Å². The number of hydrogen-bond donors (Lipinski definition) is 2. The van der Waals surface area contributed by atoms with Gasteiger partial charge in [-0.3, -0.25) is 0 Å². The summed E-state index contributed by atoms with van der Waals surface area (Å²) in [5.74, 6) is 0. The second-order valence-corrected chi connectivity index (χ2v) is 5.09. The van der Waals surface area contributed by atoms with Crippen LogP contribution in [-0.4, -0.2) is 42.2 Å². The van der Waals surface area contributed by atoms with E-state index in [-0.39, 0.29) is 16.7 Å². The van der Waals surface area contributed by atoms with E-state index in [1.165, 1.54) is 0 Å². The van der Waals surface area contributed by atoms with Gasteiger partial charge in [0.1, 0.15) is 6.54 Å². The van der Waals surface area contributed by atoms with Crippen LogP contribution in [0.25, 0.3) is 0 Å². The van der Waals surface area contributed by atoms with Gasteiger partial charge in [-0.15, -0.1) is 0 Å². The van der Waals surface area contributed by atoms with Crippen molar-refractivity contribution in [3.63, 3.8) is 0 Å². The monoisotopic (exact) mass is 190 g/mol. The first kappa shape index (κ1) is 12.9. The molecule has 2 N–H and O–H groups in total. The van der Waals surface area contributed by atoms with E-state index in [1.807, 2.05) is 0 Å². The van der Waals surface area contributed by atoms with Gasteiger partial charge in [0.25, 0.3) is 0 Å². The van der Waals surface area contributed by atoms with Crippen LogP contribution in [0.5, 0.6) is 0 Å². The Labute approximate surface area is 81.5 Å². The van der Waals surface area contributed by atoms with Gasteiger partial charge in [0.2, 0.25) is 0 Å². The van der Waals surface area contributed by atoms with Crippen molar-refractivity contribution >= 4 is 0 Å². The van der Waals surface area contributed by atoms with Gasteiger partial charge in [-0.25, -0.2) is 5.21 Å². The number of hydrogen-bond acceptors (Lipinski definition) is 2. The van der Waals surface area contributed by atoms with Crippen molar-refractivity contribution < 1.29 is 15.0 Å². The maximum atomic E-state index is 9.49. The van der Waals surface area contributed by atoms with Crippen molar-refractivity contribution in [1.29, 1.82) is 0 Å². The summed E-state index contributed by atoms with van der Waals surface area (Å²) >= 11 is 0. The van der Waals surface area contributed by atoms with Gasteiger partial charge in [0.05, 0.1) is 14.1 Å². The van der Waals surface area contributed by atoms with Crippen molar-refractivity contribution in [3.05, 3.63) is 0 Å². The summed E-state index contributed by atoms with van der Waals surface area (Å²) in [6, 6.07) is 0. The molecule has 0 saturated carbocycles. The molecule has 0 atom stereocenters. The SMILES string of the molecule is CC(C)(CCCO)CC[N+](C)(C)O. The smallest absolute Gasteiger partial charge is 0.109 e. The van der Waals surface area contributed by atoms with Crippen LogP contribution in [0, 0.1) is 5.41 Å². The largest absolute Gasteiger partial charge is 0.396 e. The van der Waals surface area contributed by atoms with Gasteiger partial charge in [0.15, 0.2) is 0 Å². The summed E-state index contributed by atoms with van der Waals surface area (Å²) in [5.41, 5.74) is 0.223. The lowest BCUT2D eigenvalue weighted by Gasteiger charge is -2.28. The minimum atomic E-state index is 0.0303. The molecule has 3 heteroatoms. The fourth-order valence-electron chi connectivity index (χ4n) is 1.26. The molecular formula is C10H24NO2+. The van der Waals surface area contributed by atoms with Gasteiger partial charge in [-0.05, 0) is 18.3 Å². The van der Waals surface area contributed by atoms with Gasteiger partial charge in [-0.1, -0.05) is 13.8 Å². The Balaban J connectivity index is 3.75. The van der Waals surface area contributed by atoms with Crippen molar-refractivity contribution in [1.82, 2.24) is 0 Å². The maximum Gasteiger partial charge on any atom is 0.109 e. The lowest BCUT2D eigenvalue weighted by molar-refractivity contribution is -1.07. The average molecular weight is 190 g/mol. The van der Waals surface area contributed by atoms with Crippen LogP contribution in [0.4, 0.5) is 0 Å². The third-order valence-corrected chi connectivity index (χ3v) is 2.35. The zero-order valence-corrected chi connectivity index (χ0v) is 9.38. The van der Waals surface area contributed by atoms with Gasteiger partial charge in [0, 0.05) is 13.0 Å². The number of hydroxylamine groups is 3. The molecule has 0 fully saturated rings.